The topological polar surface area (TPSA) is 0 Å². The van der Waals surface area contributed by atoms with Crippen LogP contribution in [0.2, 0.25) is 0 Å². The molecule has 0 N–H and O–H groups in total. The SMILES string of the molecule is C1CCC(C2CCCC3C4CCCCC4CCC23)CC1. The van der Waals surface area contributed by atoms with Gasteiger partial charge in [-0.3, -0.25) is 0 Å². The molecule has 0 radical (unpaired) electrons. The minimum Gasteiger partial charge on any atom is -0.0533 e. The highest BCUT2D eigenvalue weighted by atomic mass is 14.5. The summed E-state index contributed by atoms with van der Waals surface area (Å²) in [6.45, 7) is 0. The molecule has 0 amide bonds. The van der Waals surface area contributed by atoms with Gasteiger partial charge in [-0.1, -0.05) is 57.8 Å². The maximum atomic E-state index is 1.62. The average Bonchev–Trinajstić information content (AvgIpc) is 2.55. The van der Waals surface area contributed by atoms with Crippen LogP contribution in [0.5, 0.6) is 0 Å². The van der Waals surface area contributed by atoms with Gasteiger partial charge in [-0.15, -0.1) is 0 Å². The molecule has 0 aromatic carbocycles. The van der Waals surface area contributed by atoms with E-state index in [1.807, 2.05) is 0 Å². The van der Waals surface area contributed by atoms with Crippen molar-refractivity contribution in [1.29, 1.82) is 0 Å². The van der Waals surface area contributed by atoms with E-state index in [0.29, 0.717) is 0 Å². The second kappa shape index (κ2) is 6.01. The molecule has 0 spiro atoms. The van der Waals surface area contributed by atoms with E-state index < -0.39 is 0 Å². The minimum absolute atomic E-state index is 1.14. The molecule has 0 saturated heterocycles. The highest BCUT2D eigenvalue weighted by molar-refractivity contribution is 4.96. The van der Waals surface area contributed by atoms with Gasteiger partial charge >= 0.3 is 0 Å². The van der Waals surface area contributed by atoms with Crippen LogP contribution in [-0.2, 0) is 0 Å². The van der Waals surface area contributed by atoms with Crippen LogP contribution in [0.4, 0.5) is 0 Å². The molecule has 4 aliphatic carbocycles. The molecule has 0 nitrogen and oxygen atoms in total. The largest absolute Gasteiger partial charge is 0.0533 e. The Morgan fingerprint density at radius 1 is 0.300 bits per heavy atom. The zero-order valence-electron chi connectivity index (χ0n) is 13.4. The van der Waals surface area contributed by atoms with E-state index in [1.165, 1.54) is 6.42 Å². The standard InChI is InChI=1S/C20H34/c1-2-7-15(8-3-1)18-11-6-12-19-17-10-5-4-9-16(17)13-14-20(18)19/h15-20H,1-14H2. The van der Waals surface area contributed by atoms with Crippen molar-refractivity contribution >= 4 is 0 Å². The summed E-state index contributed by atoms with van der Waals surface area (Å²) in [6, 6.07) is 0. The molecule has 4 saturated carbocycles. The molecule has 0 aromatic heterocycles. The Balaban J connectivity index is 1.49. The Labute approximate surface area is 126 Å². The van der Waals surface area contributed by atoms with E-state index >= 15 is 0 Å². The van der Waals surface area contributed by atoms with Crippen molar-refractivity contribution in [2.75, 3.05) is 0 Å². The first-order chi connectivity index (χ1) is 9.93. The number of fused-ring (bicyclic) bond motifs is 3. The van der Waals surface area contributed by atoms with Crippen LogP contribution in [0.25, 0.3) is 0 Å². The molecular formula is C20H34. The van der Waals surface area contributed by atoms with Gasteiger partial charge in [0.2, 0.25) is 0 Å². The summed E-state index contributed by atoms with van der Waals surface area (Å²) in [6.07, 6.45) is 22.1. The van der Waals surface area contributed by atoms with Crippen molar-refractivity contribution in [3.63, 3.8) is 0 Å². The van der Waals surface area contributed by atoms with Crippen LogP contribution in [0, 0.1) is 35.5 Å². The van der Waals surface area contributed by atoms with Crippen LogP contribution >= 0.6 is 0 Å². The molecule has 0 heterocycles. The van der Waals surface area contributed by atoms with E-state index in [0.717, 1.165) is 35.5 Å². The molecular weight excluding hydrogens is 240 g/mol. The first-order valence-electron chi connectivity index (χ1n) is 9.93. The maximum absolute atomic E-state index is 1.62. The highest BCUT2D eigenvalue weighted by Gasteiger charge is 2.46. The van der Waals surface area contributed by atoms with Crippen LogP contribution in [-0.4, -0.2) is 0 Å². The molecule has 114 valence electrons. The lowest BCUT2D eigenvalue weighted by Gasteiger charge is -2.52. The third-order valence-electron chi connectivity index (χ3n) is 7.82. The van der Waals surface area contributed by atoms with Gasteiger partial charge < -0.3 is 0 Å². The normalized spacial score (nSPS) is 46.5. The molecule has 0 bridgehead atoms. The summed E-state index contributed by atoms with van der Waals surface area (Å²) < 4.78 is 0. The second-order valence-corrected chi connectivity index (χ2v) is 8.61. The summed E-state index contributed by atoms with van der Waals surface area (Å²) in [5, 5.41) is 0. The van der Waals surface area contributed by atoms with Gasteiger partial charge in [-0.2, -0.15) is 0 Å². The van der Waals surface area contributed by atoms with Crippen LogP contribution < -0.4 is 0 Å². The maximum Gasteiger partial charge on any atom is -0.0352 e. The van der Waals surface area contributed by atoms with Crippen molar-refractivity contribution in [1.82, 2.24) is 0 Å². The molecule has 0 aliphatic heterocycles. The third-order valence-corrected chi connectivity index (χ3v) is 7.82. The summed E-state index contributed by atoms with van der Waals surface area (Å²) in [5.41, 5.74) is 0. The molecule has 0 aromatic rings. The van der Waals surface area contributed by atoms with E-state index in [-0.39, 0.29) is 0 Å². The third kappa shape index (κ3) is 2.46. The van der Waals surface area contributed by atoms with Gasteiger partial charge in [-0.05, 0) is 67.6 Å². The van der Waals surface area contributed by atoms with E-state index in [4.69, 9.17) is 0 Å². The van der Waals surface area contributed by atoms with Crippen LogP contribution in [0.3, 0.4) is 0 Å². The lowest BCUT2D eigenvalue weighted by molar-refractivity contribution is -0.0266. The van der Waals surface area contributed by atoms with Gasteiger partial charge in [0, 0.05) is 0 Å². The number of hydrogen-bond acceptors (Lipinski definition) is 0. The Morgan fingerprint density at radius 3 is 1.60 bits per heavy atom. The smallest absolute Gasteiger partial charge is 0.0352 e. The zero-order valence-corrected chi connectivity index (χ0v) is 13.4. The van der Waals surface area contributed by atoms with Gasteiger partial charge in [-0.25, -0.2) is 0 Å². The number of rotatable bonds is 1. The molecule has 20 heavy (non-hydrogen) atoms. The van der Waals surface area contributed by atoms with Gasteiger partial charge in [0.15, 0.2) is 0 Å². The molecule has 4 aliphatic rings. The average molecular weight is 274 g/mol. The Hall–Kier alpha value is 0. The van der Waals surface area contributed by atoms with E-state index in [9.17, 15) is 0 Å². The fourth-order valence-corrected chi connectivity index (χ4v) is 7.01. The van der Waals surface area contributed by atoms with Gasteiger partial charge in [0.25, 0.3) is 0 Å². The number of hydrogen-bond donors (Lipinski definition) is 0. The Kier molecular flexibility index (Phi) is 4.10. The molecule has 0 heteroatoms. The monoisotopic (exact) mass is 274 g/mol. The summed E-state index contributed by atoms with van der Waals surface area (Å²) in [4.78, 5) is 0. The quantitative estimate of drug-likeness (QED) is 0.534. The van der Waals surface area contributed by atoms with Crippen molar-refractivity contribution < 1.29 is 0 Å². The predicted molar refractivity (Wildman–Crippen MR) is 85.6 cm³/mol. The second-order valence-electron chi connectivity index (χ2n) is 8.61. The van der Waals surface area contributed by atoms with Crippen LogP contribution in [0.1, 0.15) is 89.9 Å². The minimum atomic E-state index is 1.14. The highest BCUT2D eigenvalue weighted by Crippen LogP contribution is 2.55. The first-order valence-corrected chi connectivity index (χ1v) is 9.93. The van der Waals surface area contributed by atoms with Gasteiger partial charge in [0.05, 0.1) is 0 Å². The van der Waals surface area contributed by atoms with Crippen molar-refractivity contribution in [2.45, 2.75) is 89.9 Å². The summed E-state index contributed by atoms with van der Waals surface area (Å²) >= 11 is 0. The Morgan fingerprint density at radius 2 is 0.800 bits per heavy atom. The molecule has 4 fully saturated rings. The Bertz CT molecular complexity index is 308. The van der Waals surface area contributed by atoms with Gasteiger partial charge in [0.1, 0.15) is 0 Å². The van der Waals surface area contributed by atoms with Crippen LogP contribution in [0.15, 0.2) is 0 Å². The molecule has 4 rings (SSSR count). The lowest BCUT2D eigenvalue weighted by atomic mass is 9.53. The summed E-state index contributed by atoms with van der Waals surface area (Å²) in [5.74, 6) is 6.92. The first kappa shape index (κ1) is 13.6. The fourth-order valence-electron chi connectivity index (χ4n) is 7.01. The fraction of sp³-hybridized carbons (Fsp3) is 1.00. The van der Waals surface area contributed by atoms with Crippen molar-refractivity contribution in [3.8, 4) is 0 Å². The summed E-state index contributed by atoms with van der Waals surface area (Å²) in [7, 11) is 0. The van der Waals surface area contributed by atoms with Crippen molar-refractivity contribution in [2.24, 2.45) is 35.5 Å². The van der Waals surface area contributed by atoms with E-state index in [1.54, 1.807) is 83.5 Å². The molecule has 5 unspecified atom stereocenters. The lowest BCUT2D eigenvalue weighted by Crippen LogP contribution is -2.44. The van der Waals surface area contributed by atoms with E-state index in [2.05, 4.69) is 0 Å². The predicted octanol–water partition coefficient (Wildman–Crippen LogP) is 6.20. The molecule has 5 atom stereocenters. The zero-order chi connectivity index (χ0) is 13.4. The van der Waals surface area contributed by atoms with Crippen molar-refractivity contribution in [3.05, 3.63) is 0 Å².